The van der Waals surface area contributed by atoms with Crippen molar-refractivity contribution >= 4 is 11.6 Å². The van der Waals surface area contributed by atoms with Gasteiger partial charge in [-0.05, 0) is 44.0 Å². The normalized spacial score (nSPS) is 34.9. The molecule has 2 heterocycles. The molecule has 0 saturated carbocycles. The lowest BCUT2D eigenvalue weighted by Crippen LogP contribution is -2.25. The summed E-state index contributed by atoms with van der Waals surface area (Å²) in [6, 6.07) is 10.0. The maximum atomic E-state index is 5.92. The van der Waals surface area contributed by atoms with Crippen molar-refractivity contribution in [3.63, 3.8) is 0 Å². The van der Waals surface area contributed by atoms with Crippen LogP contribution in [0.25, 0.3) is 0 Å². The zero-order chi connectivity index (χ0) is 10.4. The van der Waals surface area contributed by atoms with Crippen LogP contribution in [-0.4, -0.2) is 24.0 Å². The highest BCUT2D eigenvalue weighted by atomic mass is 35.5. The number of nitrogens with zero attached hydrogens (tertiary/aromatic N) is 1. The molecule has 2 aliphatic rings. The van der Waals surface area contributed by atoms with E-state index in [0.29, 0.717) is 0 Å². The van der Waals surface area contributed by atoms with Crippen LogP contribution in [0.1, 0.15) is 30.7 Å². The Balaban J connectivity index is 1.87. The van der Waals surface area contributed by atoms with Gasteiger partial charge in [0.15, 0.2) is 0 Å². The smallest absolute Gasteiger partial charge is 0.0406 e. The Morgan fingerprint density at radius 2 is 1.93 bits per heavy atom. The molecule has 1 aromatic rings. The van der Waals surface area contributed by atoms with Crippen LogP contribution in [0, 0.1) is 0 Å². The minimum Gasteiger partial charge on any atom is -0.300 e. The molecule has 1 nitrogen and oxygen atoms in total. The Morgan fingerprint density at radius 3 is 2.47 bits per heavy atom. The zero-order valence-corrected chi connectivity index (χ0v) is 9.74. The maximum Gasteiger partial charge on any atom is 0.0406 e. The van der Waals surface area contributed by atoms with Crippen molar-refractivity contribution in [2.24, 2.45) is 0 Å². The molecule has 3 rings (SSSR count). The average molecular weight is 222 g/mol. The predicted molar refractivity (Wildman–Crippen MR) is 63.4 cm³/mol. The second-order valence-corrected chi connectivity index (χ2v) is 5.29. The van der Waals surface area contributed by atoms with Gasteiger partial charge in [0, 0.05) is 23.0 Å². The quantitative estimate of drug-likeness (QED) is 0.704. The minimum absolute atomic E-state index is 0.742. The molecule has 0 aliphatic carbocycles. The molecule has 0 aromatic heterocycles. The fourth-order valence-corrected chi connectivity index (χ4v) is 3.45. The summed E-state index contributed by atoms with van der Waals surface area (Å²) in [7, 11) is 2.28. The molecule has 2 aliphatic heterocycles. The molecule has 0 unspecified atom stereocenters. The number of likely N-dealkylation sites (N-methyl/N-ethyl adjacent to an activating group) is 1. The highest BCUT2D eigenvalue weighted by Gasteiger charge is 2.44. The van der Waals surface area contributed by atoms with E-state index in [2.05, 4.69) is 24.1 Å². The molecule has 1 aromatic carbocycles. The summed E-state index contributed by atoms with van der Waals surface area (Å²) in [5.41, 5.74) is 1.47. The van der Waals surface area contributed by atoms with Gasteiger partial charge < -0.3 is 0 Å². The number of halogens is 1. The van der Waals surface area contributed by atoms with E-state index in [4.69, 9.17) is 11.6 Å². The minimum atomic E-state index is 0.742. The van der Waals surface area contributed by atoms with E-state index in [9.17, 15) is 0 Å². The molecule has 2 fully saturated rings. The van der Waals surface area contributed by atoms with E-state index < -0.39 is 0 Å². The molecule has 80 valence electrons. The lowest BCUT2D eigenvalue weighted by molar-refractivity contribution is 0.307. The number of hydrogen-bond acceptors (Lipinski definition) is 1. The van der Waals surface area contributed by atoms with E-state index in [-0.39, 0.29) is 0 Å². The molecule has 15 heavy (non-hydrogen) atoms. The van der Waals surface area contributed by atoms with Crippen molar-refractivity contribution in [2.45, 2.75) is 37.3 Å². The van der Waals surface area contributed by atoms with Crippen LogP contribution in [0.2, 0.25) is 5.02 Å². The van der Waals surface area contributed by atoms with Gasteiger partial charge in [0.1, 0.15) is 0 Å². The summed E-state index contributed by atoms with van der Waals surface area (Å²) in [4.78, 5) is 2.57. The molecule has 0 radical (unpaired) electrons. The first-order valence-electron chi connectivity index (χ1n) is 5.73. The van der Waals surface area contributed by atoms with Crippen LogP contribution in [0.3, 0.4) is 0 Å². The van der Waals surface area contributed by atoms with E-state index in [0.717, 1.165) is 23.0 Å². The lowest BCUT2D eigenvalue weighted by atomic mass is 9.84. The van der Waals surface area contributed by atoms with Crippen LogP contribution in [0.5, 0.6) is 0 Å². The van der Waals surface area contributed by atoms with Crippen molar-refractivity contribution in [2.75, 3.05) is 7.05 Å². The fraction of sp³-hybridized carbons (Fsp3) is 0.538. The van der Waals surface area contributed by atoms with Gasteiger partial charge in [0.2, 0.25) is 0 Å². The van der Waals surface area contributed by atoms with E-state index in [1.807, 2.05) is 12.1 Å². The molecule has 0 spiro atoms. The highest BCUT2D eigenvalue weighted by molar-refractivity contribution is 6.30. The predicted octanol–water partition coefficient (Wildman–Crippen LogP) is 3.29. The van der Waals surface area contributed by atoms with Crippen molar-refractivity contribution in [3.05, 3.63) is 34.9 Å². The number of hydrogen-bond donors (Lipinski definition) is 0. The van der Waals surface area contributed by atoms with Crippen LogP contribution < -0.4 is 0 Å². The molecule has 2 bridgehead atoms. The third-order valence-electron chi connectivity index (χ3n) is 4.18. The zero-order valence-electron chi connectivity index (χ0n) is 8.99. The maximum absolute atomic E-state index is 5.92. The van der Waals surface area contributed by atoms with Crippen LogP contribution >= 0.6 is 11.6 Å². The largest absolute Gasteiger partial charge is 0.300 e. The average Bonchev–Trinajstić information content (AvgIpc) is 2.75. The second-order valence-electron chi connectivity index (χ2n) is 4.86. The summed E-state index contributed by atoms with van der Waals surface area (Å²) in [6.45, 7) is 0. The third-order valence-corrected chi connectivity index (χ3v) is 4.44. The van der Waals surface area contributed by atoms with Crippen LogP contribution in [0.15, 0.2) is 24.3 Å². The Kier molecular flexibility index (Phi) is 2.26. The molecular weight excluding hydrogens is 206 g/mol. The van der Waals surface area contributed by atoms with Gasteiger partial charge in [0.05, 0.1) is 0 Å². The van der Waals surface area contributed by atoms with Gasteiger partial charge in [-0.15, -0.1) is 0 Å². The standard InChI is InChI=1S/C13H16ClN/c1-15-11-6-7-13(15)12(8-11)9-2-4-10(14)5-3-9/h2-5,11-13H,6-8H2,1H3/t11-,12+,13+/m0/s1. The molecule has 2 heteroatoms. The fourth-order valence-electron chi connectivity index (χ4n) is 3.33. The van der Waals surface area contributed by atoms with Crippen molar-refractivity contribution in [1.29, 1.82) is 0 Å². The Labute approximate surface area is 96.0 Å². The Bertz CT molecular complexity index is 359. The first-order chi connectivity index (χ1) is 7.25. The van der Waals surface area contributed by atoms with Crippen molar-refractivity contribution in [3.8, 4) is 0 Å². The summed E-state index contributed by atoms with van der Waals surface area (Å²) in [5, 5.41) is 0.843. The molecule has 0 amide bonds. The van der Waals surface area contributed by atoms with Gasteiger partial charge in [-0.25, -0.2) is 0 Å². The van der Waals surface area contributed by atoms with Gasteiger partial charge >= 0.3 is 0 Å². The second kappa shape index (κ2) is 3.50. The van der Waals surface area contributed by atoms with E-state index >= 15 is 0 Å². The number of rotatable bonds is 1. The summed E-state index contributed by atoms with van der Waals surface area (Å²) >= 11 is 5.92. The summed E-state index contributed by atoms with van der Waals surface area (Å²) in [5.74, 6) is 0.742. The Hall–Kier alpha value is -0.530. The summed E-state index contributed by atoms with van der Waals surface area (Å²) in [6.07, 6.45) is 4.10. The first kappa shape index (κ1) is 9.68. The molecule has 0 N–H and O–H groups in total. The number of benzene rings is 1. The SMILES string of the molecule is CN1[C@H]2CC[C@@H]1[C@@H](c1ccc(Cl)cc1)C2. The monoisotopic (exact) mass is 221 g/mol. The first-order valence-corrected chi connectivity index (χ1v) is 6.11. The van der Waals surface area contributed by atoms with Crippen LogP contribution in [0.4, 0.5) is 0 Å². The van der Waals surface area contributed by atoms with Crippen LogP contribution in [-0.2, 0) is 0 Å². The number of fused-ring (bicyclic) bond motifs is 2. The highest BCUT2D eigenvalue weighted by Crippen LogP contribution is 2.45. The molecule has 3 atom stereocenters. The lowest BCUT2D eigenvalue weighted by Gasteiger charge is -2.21. The van der Waals surface area contributed by atoms with Crippen molar-refractivity contribution in [1.82, 2.24) is 4.90 Å². The van der Waals surface area contributed by atoms with E-state index in [1.54, 1.807) is 0 Å². The molecular formula is C13H16ClN. The topological polar surface area (TPSA) is 3.24 Å². The van der Waals surface area contributed by atoms with Gasteiger partial charge in [0.25, 0.3) is 0 Å². The van der Waals surface area contributed by atoms with Gasteiger partial charge in [-0.3, -0.25) is 4.90 Å². The molecule has 2 saturated heterocycles. The van der Waals surface area contributed by atoms with Gasteiger partial charge in [-0.2, -0.15) is 0 Å². The van der Waals surface area contributed by atoms with E-state index in [1.165, 1.54) is 24.8 Å². The van der Waals surface area contributed by atoms with Gasteiger partial charge in [-0.1, -0.05) is 23.7 Å². The van der Waals surface area contributed by atoms with Crippen molar-refractivity contribution < 1.29 is 0 Å². The summed E-state index contributed by atoms with van der Waals surface area (Å²) < 4.78 is 0. The Morgan fingerprint density at radius 1 is 1.20 bits per heavy atom. The third kappa shape index (κ3) is 1.49.